The van der Waals surface area contributed by atoms with Gasteiger partial charge in [-0.2, -0.15) is 0 Å². The number of hydrogen-bond donors (Lipinski definition) is 0. The minimum absolute atomic E-state index is 0.390. The molecule has 0 bridgehead atoms. The lowest BCUT2D eigenvalue weighted by atomic mass is 10.1. The summed E-state index contributed by atoms with van der Waals surface area (Å²) >= 11 is 1.54. The van der Waals surface area contributed by atoms with Gasteiger partial charge in [0.1, 0.15) is 0 Å². The van der Waals surface area contributed by atoms with Gasteiger partial charge >= 0.3 is 0 Å². The third kappa shape index (κ3) is 2.33. The van der Waals surface area contributed by atoms with Gasteiger partial charge in [-0.1, -0.05) is 37.9 Å². The quantitative estimate of drug-likeness (QED) is 0.585. The van der Waals surface area contributed by atoms with Gasteiger partial charge in [-0.3, -0.25) is 4.79 Å². The van der Waals surface area contributed by atoms with E-state index in [1.807, 2.05) is 0 Å². The average molecular weight is 158 g/mol. The molecule has 1 aliphatic heterocycles. The van der Waals surface area contributed by atoms with Gasteiger partial charge in [0.25, 0.3) is 0 Å². The first-order valence-electron chi connectivity index (χ1n) is 4.02. The molecule has 0 radical (unpaired) electrons. The second kappa shape index (κ2) is 4.02. The van der Waals surface area contributed by atoms with E-state index in [4.69, 9.17) is 0 Å². The molecule has 1 fully saturated rings. The number of unbranched alkanes of at least 4 members (excludes halogenated alkanes) is 2. The summed E-state index contributed by atoms with van der Waals surface area (Å²) in [6.45, 7) is 2.21. The van der Waals surface area contributed by atoms with Crippen LogP contribution in [0.4, 0.5) is 0 Å². The predicted octanol–water partition coefficient (Wildman–Crippen LogP) is 2.60. The summed E-state index contributed by atoms with van der Waals surface area (Å²) in [7, 11) is 0. The summed E-state index contributed by atoms with van der Waals surface area (Å²) in [4.78, 5) is 10.5. The third-order valence-corrected chi connectivity index (χ3v) is 2.99. The van der Waals surface area contributed by atoms with Crippen molar-refractivity contribution in [2.45, 2.75) is 44.3 Å². The molecule has 0 aromatic heterocycles. The summed E-state index contributed by atoms with van der Waals surface area (Å²) in [6.07, 6.45) is 6.01. The van der Waals surface area contributed by atoms with Crippen LogP contribution in [0.5, 0.6) is 0 Å². The number of hydrogen-bond acceptors (Lipinski definition) is 2. The van der Waals surface area contributed by atoms with Crippen LogP contribution < -0.4 is 0 Å². The molecule has 0 aliphatic carbocycles. The molecule has 0 spiro atoms. The van der Waals surface area contributed by atoms with Crippen LogP contribution >= 0.6 is 11.8 Å². The Hall–Kier alpha value is 0.0200. The van der Waals surface area contributed by atoms with Crippen LogP contribution in [0.15, 0.2) is 0 Å². The molecule has 1 rings (SSSR count). The zero-order valence-corrected chi connectivity index (χ0v) is 7.25. The second-order valence-electron chi connectivity index (χ2n) is 2.81. The van der Waals surface area contributed by atoms with Crippen LogP contribution in [0.1, 0.15) is 39.0 Å². The van der Waals surface area contributed by atoms with E-state index >= 15 is 0 Å². The Morgan fingerprint density at radius 3 is 2.80 bits per heavy atom. The van der Waals surface area contributed by atoms with Crippen molar-refractivity contribution in [2.75, 3.05) is 0 Å². The maximum atomic E-state index is 10.5. The highest BCUT2D eigenvalue weighted by Gasteiger charge is 2.26. The maximum absolute atomic E-state index is 10.5. The zero-order chi connectivity index (χ0) is 7.40. The van der Waals surface area contributed by atoms with Crippen LogP contribution in [-0.2, 0) is 4.79 Å². The highest BCUT2D eigenvalue weighted by molar-refractivity contribution is 8.16. The van der Waals surface area contributed by atoms with E-state index in [0.717, 1.165) is 6.42 Å². The highest BCUT2D eigenvalue weighted by Crippen LogP contribution is 2.33. The van der Waals surface area contributed by atoms with E-state index < -0.39 is 0 Å². The van der Waals surface area contributed by atoms with E-state index in [9.17, 15) is 4.79 Å². The Balaban J connectivity index is 1.90. The SMILES string of the molecule is CCCCCC1CC(=O)S1. The van der Waals surface area contributed by atoms with E-state index in [2.05, 4.69) is 6.92 Å². The van der Waals surface area contributed by atoms with Crippen molar-refractivity contribution >= 4 is 16.9 Å². The van der Waals surface area contributed by atoms with Crippen molar-refractivity contribution in [3.8, 4) is 0 Å². The van der Waals surface area contributed by atoms with Crippen molar-refractivity contribution < 1.29 is 4.79 Å². The summed E-state index contributed by atoms with van der Waals surface area (Å²) in [5, 5.41) is 1.07. The monoisotopic (exact) mass is 158 g/mol. The molecule has 0 saturated carbocycles. The van der Waals surface area contributed by atoms with Gasteiger partial charge < -0.3 is 0 Å². The fourth-order valence-electron chi connectivity index (χ4n) is 1.15. The van der Waals surface area contributed by atoms with E-state index in [1.165, 1.54) is 25.7 Å². The van der Waals surface area contributed by atoms with Gasteiger partial charge in [0, 0.05) is 11.7 Å². The number of rotatable bonds is 4. The highest BCUT2D eigenvalue weighted by atomic mass is 32.2. The molecule has 58 valence electrons. The summed E-state index contributed by atoms with van der Waals surface area (Å²) in [5.74, 6) is 0. The van der Waals surface area contributed by atoms with Gasteiger partial charge in [-0.15, -0.1) is 0 Å². The van der Waals surface area contributed by atoms with E-state index in [-0.39, 0.29) is 0 Å². The van der Waals surface area contributed by atoms with Gasteiger partial charge in [0.05, 0.1) is 0 Å². The molecule has 1 nitrogen and oxygen atoms in total. The molecule has 1 unspecified atom stereocenters. The van der Waals surface area contributed by atoms with Crippen LogP contribution in [0.2, 0.25) is 0 Å². The van der Waals surface area contributed by atoms with Crippen molar-refractivity contribution in [1.29, 1.82) is 0 Å². The van der Waals surface area contributed by atoms with Gasteiger partial charge in [-0.25, -0.2) is 0 Å². The Labute approximate surface area is 66.6 Å². The molecule has 2 heteroatoms. The number of carbonyl (C=O) groups is 1. The third-order valence-electron chi connectivity index (χ3n) is 1.82. The van der Waals surface area contributed by atoms with Crippen LogP contribution in [0.25, 0.3) is 0 Å². The molecule has 0 amide bonds. The van der Waals surface area contributed by atoms with Crippen molar-refractivity contribution in [3.05, 3.63) is 0 Å². The second-order valence-corrected chi connectivity index (χ2v) is 4.17. The first-order valence-corrected chi connectivity index (χ1v) is 4.90. The molecule has 1 saturated heterocycles. The number of carbonyl (C=O) groups excluding carboxylic acids is 1. The normalized spacial score (nSPS) is 24.5. The summed E-state index contributed by atoms with van der Waals surface area (Å²) in [6, 6.07) is 0. The minimum Gasteiger partial charge on any atom is -0.287 e. The Kier molecular flexibility index (Phi) is 3.26. The summed E-state index contributed by atoms with van der Waals surface area (Å²) in [5.41, 5.74) is 0. The molecule has 1 atom stereocenters. The lowest BCUT2D eigenvalue weighted by Gasteiger charge is -2.22. The van der Waals surface area contributed by atoms with Crippen LogP contribution in [0, 0.1) is 0 Å². The Bertz CT molecular complexity index is 114. The Morgan fingerprint density at radius 2 is 2.30 bits per heavy atom. The largest absolute Gasteiger partial charge is 0.287 e. The van der Waals surface area contributed by atoms with E-state index in [0.29, 0.717) is 10.4 Å². The standard InChI is InChI=1S/C8H14OS/c1-2-3-4-5-7-6-8(9)10-7/h7H,2-6H2,1H3. The summed E-state index contributed by atoms with van der Waals surface area (Å²) < 4.78 is 0. The van der Waals surface area contributed by atoms with E-state index in [1.54, 1.807) is 11.8 Å². The maximum Gasteiger partial charge on any atom is 0.190 e. The van der Waals surface area contributed by atoms with Crippen molar-refractivity contribution in [1.82, 2.24) is 0 Å². The fraction of sp³-hybridized carbons (Fsp3) is 0.875. The lowest BCUT2D eigenvalue weighted by molar-refractivity contribution is -0.112. The molecule has 0 N–H and O–H groups in total. The topological polar surface area (TPSA) is 17.1 Å². The predicted molar refractivity (Wildman–Crippen MR) is 45.1 cm³/mol. The van der Waals surface area contributed by atoms with Gasteiger partial charge in [0.2, 0.25) is 0 Å². The molecule has 0 aromatic rings. The van der Waals surface area contributed by atoms with Gasteiger partial charge in [-0.05, 0) is 6.42 Å². The Morgan fingerprint density at radius 1 is 1.60 bits per heavy atom. The van der Waals surface area contributed by atoms with Crippen molar-refractivity contribution in [3.63, 3.8) is 0 Å². The first-order chi connectivity index (χ1) is 4.83. The zero-order valence-electron chi connectivity index (χ0n) is 6.43. The molecule has 10 heavy (non-hydrogen) atoms. The average Bonchev–Trinajstić information content (AvgIpc) is 1.85. The smallest absolute Gasteiger partial charge is 0.190 e. The molecular weight excluding hydrogens is 144 g/mol. The molecule has 1 heterocycles. The first kappa shape index (κ1) is 8.12. The number of thioether (sulfide) groups is 1. The molecule has 0 aromatic carbocycles. The molecule has 1 aliphatic rings. The van der Waals surface area contributed by atoms with Crippen molar-refractivity contribution in [2.24, 2.45) is 0 Å². The van der Waals surface area contributed by atoms with Gasteiger partial charge in [0.15, 0.2) is 5.12 Å². The van der Waals surface area contributed by atoms with Crippen LogP contribution in [-0.4, -0.2) is 10.4 Å². The van der Waals surface area contributed by atoms with Crippen LogP contribution in [0.3, 0.4) is 0 Å². The molecular formula is C8H14OS. The lowest BCUT2D eigenvalue weighted by Crippen LogP contribution is -2.20. The fourth-order valence-corrected chi connectivity index (χ4v) is 2.04. The minimum atomic E-state index is 0.390.